The Hall–Kier alpha value is -2.66. The molecule has 2 aromatic carbocycles. The number of benzene rings is 2. The summed E-state index contributed by atoms with van der Waals surface area (Å²) in [7, 11) is 0. The van der Waals surface area contributed by atoms with Crippen LogP contribution in [0.2, 0.25) is 0 Å². The van der Waals surface area contributed by atoms with Crippen LogP contribution in [0.3, 0.4) is 0 Å². The van der Waals surface area contributed by atoms with Crippen LogP contribution < -0.4 is 0 Å². The summed E-state index contributed by atoms with van der Waals surface area (Å²) < 4.78 is 5.34. The van der Waals surface area contributed by atoms with Crippen molar-refractivity contribution < 1.29 is 14.3 Å². The molecule has 5 nitrogen and oxygen atoms in total. The summed E-state index contributed by atoms with van der Waals surface area (Å²) in [6, 6.07) is 19.9. The summed E-state index contributed by atoms with van der Waals surface area (Å²) >= 11 is 0. The van der Waals surface area contributed by atoms with Gasteiger partial charge in [0.05, 0.1) is 6.54 Å². The lowest BCUT2D eigenvalue weighted by Crippen LogP contribution is -2.50. The van der Waals surface area contributed by atoms with Gasteiger partial charge in [-0.3, -0.25) is 14.5 Å². The van der Waals surface area contributed by atoms with Crippen molar-refractivity contribution in [2.75, 3.05) is 32.7 Å². The summed E-state index contributed by atoms with van der Waals surface area (Å²) in [6.07, 6.45) is 2.38. The van der Waals surface area contributed by atoms with Crippen LogP contribution in [0.5, 0.6) is 0 Å². The normalized spacial score (nSPS) is 14.6. The lowest BCUT2D eigenvalue weighted by Gasteiger charge is -2.34. The summed E-state index contributed by atoms with van der Waals surface area (Å²) in [5, 5.41) is 0. The Balaban J connectivity index is 1.31. The third-order valence-corrected chi connectivity index (χ3v) is 5.02. The van der Waals surface area contributed by atoms with Crippen LogP contribution in [0.4, 0.5) is 0 Å². The summed E-state index contributed by atoms with van der Waals surface area (Å²) in [6.45, 7) is 3.37. The van der Waals surface area contributed by atoms with Crippen molar-refractivity contribution in [1.29, 1.82) is 0 Å². The third-order valence-electron chi connectivity index (χ3n) is 5.02. The van der Waals surface area contributed by atoms with Gasteiger partial charge in [0, 0.05) is 32.6 Å². The molecular weight excluding hydrogens is 352 g/mol. The molecule has 1 aliphatic heterocycles. The van der Waals surface area contributed by atoms with Gasteiger partial charge in [0.25, 0.3) is 0 Å². The number of aryl methyl sites for hydroxylation is 1. The van der Waals surface area contributed by atoms with Crippen molar-refractivity contribution in [3.63, 3.8) is 0 Å². The predicted octanol–water partition coefficient (Wildman–Crippen LogP) is 2.90. The number of hydrogen-bond donors (Lipinski definition) is 0. The molecule has 1 aliphatic rings. The van der Waals surface area contributed by atoms with Crippen LogP contribution in [-0.2, 0) is 27.4 Å². The molecule has 3 rings (SSSR count). The molecule has 28 heavy (non-hydrogen) atoms. The van der Waals surface area contributed by atoms with E-state index in [9.17, 15) is 9.59 Å². The zero-order chi connectivity index (χ0) is 19.6. The first-order valence-electron chi connectivity index (χ1n) is 9.94. The van der Waals surface area contributed by atoms with Crippen LogP contribution in [0.25, 0.3) is 0 Å². The maximum Gasteiger partial charge on any atom is 0.320 e. The number of rotatable bonds is 8. The highest BCUT2D eigenvalue weighted by Gasteiger charge is 2.22. The zero-order valence-electron chi connectivity index (χ0n) is 16.3. The molecule has 1 heterocycles. The molecule has 0 unspecified atom stereocenters. The first-order valence-corrected chi connectivity index (χ1v) is 9.94. The number of piperazine rings is 1. The van der Waals surface area contributed by atoms with E-state index in [4.69, 9.17) is 4.74 Å². The van der Waals surface area contributed by atoms with E-state index in [-0.39, 0.29) is 18.4 Å². The fourth-order valence-electron chi connectivity index (χ4n) is 3.37. The molecule has 1 fully saturated rings. The highest BCUT2D eigenvalue weighted by Crippen LogP contribution is 2.09. The first-order chi connectivity index (χ1) is 13.7. The molecule has 5 heteroatoms. The summed E-state index contributed by atoms with van der Waals surface area (Å²) in [5.74, 6) is -0.00581. The molecule has 1 amide bonds. The number of carbonyl (C=O) groups excluding carboxylic acids is 2. The zero-order valence-corrected chi connectivity index (χ0v) is 16.3. The van der Waals surface area contributed by atoms with E-state index >= 15 is 0 Å². The molecule has 0 saturated carbocycles. The van der Waals surface area contributed by atoms with Gasteiger partial charge in [-0.25, -0.2) is 0 Å². The van der Waals surface area contributed by atoms with Crippen molar-refractivity contribution in [3.8, 4) is 0 Å². The minimum atomic E-state index is -0.216. The minimum Gasteiger partial charge on any atom is -0.460 e. The van der Waals surface area contributed by atoms with Crippen LogP contribution in [0, 0.1) is 0 Å². The second kappa shape index (κ2) is 10.6. The Labute approximate surface area is 166 Å². The van der Waals surface area contributed by atoms with Gasteiger partial charge in [-0.2, -0.15) is 0 Å². The molecule has 0 aromatic heterocycles. The van der Waals surface area contributed by atoms with Gasteiger partial charge in [0.2, 0.25) is 5.91 Å². The van der Waals surface area contributed by atoms with Crippen molar-refractivity contribution in [1.82, 2.24) is 9.80 Å². The Morgan fingerprint density at radius 3 is 2.07 bits per heavy atom. The van der Waals surface area contributed by atoms with E-state index in [1.807, 2.05) is 53.4 Å². The van der Waals surface area contributed by atoms with Crippen LogP contribution in [0.1, 0.15) is 24.0 Å². The van der Waals surface area contributed by atoms with Gasteiger partial charge in [-0.1, -0.05) is 60.7 Å². The highest BCUT2D eigenvalue weighted by atomic mass is 16.5. The van der Waals surface area contributed by atoms with Crippen LogP contribution >= 0.6 is 0 Å². The lowest BCUT2D eigenvalue weighted by atomic mass is 10.1. The first kappa shape index (κ1) is 20.1. The van der Waals surface area contributed by atoms with Crippen LogP contribution in [-0.4, -0.2) is 54.4 Å². The Morgan fingerprint density at radius 1 is 0.821 bits per heavy atom. The Bertz CT molecular complexity index is 741. The number of carbonyl (C=O) groups is 2. The lowest BCUT2D eigenvalue weighted by molar-refractivity contribution is -0.147. The van der Waals surface area contributed by atoms with Gasteiger partial charge < -0.3 is 9.64 Å². The van der Waals surface area contributed by atoms with E-state index < -0.39 is 0 Å². The fraction of sp³-hybridized carbons (Fsp3) is 0.391. The number of nitrogens with zero attached hydrogens (tertiary/aromatic N) is 2. The Kier molecular flexibility index (Phi) is 7.62. The number of esters is 1. The minimum absolute atomic E-state index is 0.210. The molecular formula is C23H28N2O3. The predicted molar refractivity (Wildman–Crippen MR) is 109 cm³/mol. The van der Waals surface area contributed by atoms with E-state index in [1.165, 1.54) is 5.56 Å². The standard InChI is InChI=1S/C23H28N2O3/c26-22(13-7-12-20-8-3-1-4-9-20)25-16-14-24(15-17-25)18-23(27)28-19-21-10-5-2-6-11-21/h1-6,8-11H,7,12-19H2. The van der Waals surface area contributed by atoms with Gasteiger partial charge in [-0.15, -0.1) is 0 Å². The van der Waals surface area contributed by atoms with Crippen molar-refractivity contribution in [3.05, 3.63) is 71.8 Å². The number of hydrogen-bond acceptors (Lipinski definition) is 4. The van der Waals surface area contributed by atoms with Gasteiger partial charge in [0.1, 0.15) is 6.61 Å². The molecule has 0 spiro atoms. The Morgan fingerprint density at radius 2 is 1.43 bits per heavy atom. The molecule has 1 saturated heterocycles. The van der Waals surface area contributed by atoms with Gasteiger partial charge in [0.15, 0.2) is 0 Å². The molecule has 0 bridgehead atoms. The number of ether oxygens (including phenoxy) is 1. The quantitative estimate of drug-likeness (QED) is 0.661. The van der Waals surface area contributed by atoms with Gasteiger partial charge in [-0.05, 0) is 24.0 Å². The second-order valence-corrected chi connectivity index (χ2v) is 7.14. The molecule has 0 atom stereocenters. The van der Waals surface area contributed by atoms with Crippen LogP contribution in [0.15, 0.2) is 60.7 Å². The average Bonchev–Trinajstić information content (AvgIpc) is 2.74. The van der Waals surface area contributed by atoms with E-state index in [1.54, 1.807) is 0 Å². The average molecular weight is 380 g/mol. The molecule has 2 aromatic rings. The summed E-state index contributed by atoms with van der Waals surface area (Å²) in [5.41, 5.74) is 2.26. The number of amides is 1. The van der Waals surface area contributed by atoms with E-state index in [2.05, 4.69) is 17.0 Å². The van der Waals surface area contributed by atoms with E-state index in [0.29, 0.717) is 39.2 Å². The fourth-order valence-corrected chi connectivity index (χ4v) is 3.37. The molecule has 0 N–H and O–H groups in total. The smallest absolute Gasteiger partial charge is 0.320 e. The van der Waals surface area contributed by atoms with Crippen molar-refractivity contribution in [2.24, 2.45) is 0 Å². The maximum absolute atomic E-state index is 12.4. The summed E-state index contributed by atoms with van der Waals surface area (Å²) in [4.78, 5) is 28.4. The second-order valence-electron chi connectivity index (χ2n) is 7.14. The van der Waals surface area contributed by atoms with Crippen molar-refractivity contribution in [2.45, 2.75) is 25.9 Å². The maximum atomic E-state index is 12.4. The molecule has 0 aliphatic carbocycles. The largest absolute Gasteiger partial charge is 0.460 e. The van der Waals surface area contributed by atoms with Gasteiger partial charge >= 0.3 is 5.97 Å². The SMILES string of the molecule is O=C(CN1CCN(C(=O)CCCc2ccccc2)CC1)OCc1ccccc1. The topological polar surface area (TPSA) is 49.9 Å². The van der Waals surface area contributed by atoms with E-state index in [0.717, 1.165) is 18.4 Å². The monoisotopic (exact) mass is 380 g/mol. The third kappa shape index (κ3) is 6.50. The highest BCUT2D eigenvalue weighted by molar-refractivity contribution is 5.76. The molecule has 0 radical (unpaired) electrons. The van der Waals surface area contributed by atoms with Crippen molar-refractivity contribution >= 4 is 11.9 Å². The molecule has 148 valence electrons.